The predicted octanol–water partition coefficient (Wildman–Crippen LogP) is 0.504. The number of aromatic nitrogens is 1. The molecule has 2 aromatic rings. The Morgan fingerprint density at radius 3 is 2.43 bits per heavy atom. The van der Waals surface area contributed by atoms with Crippen molar-refractivity contribution in [2.45, 2.75) is 4.90 Å². The minimum absolute atomic E-state index is 0.149. The molecule has 11 heteroatoms. The van der Waals surface area contributed by atoms with Crippen molar-refractivity contribution in [1.29, 1.82) is 0 Å². The second kappa shape index (κ2) is 5.20. The van der Waals surface area contributed by atoms with E-state index in [1.807, 2.05) is 0 Å². The summed E-state index contributed by atoms with van der Waals surface area (Å²) in [6, 6.07) is 4.36. The topological polar surface area (TPSA) is 126 Å². The monoisotopic (exact) mass is 352 g/mol. The standard InChI is InChI=1S/C10H10ClN2O6PS/c1-12-21(18,19)9-4-6-2-3-10(14)13(20(15,16)17)8(6)5-7(9)11/h2-5,12H,1H3,(H2,15,16,17). The average molecular weight is 353 g/mol. The van der Waals surface area contributed by atoms with E-state index in [9.17, 15) is 27.6 Å². The zero-order valence-corrected chi connectivity index (χ0v) is 13.0. The molecule has 1 aromatic carbocycles. The summed E-state index contributed by atoms with van der Waals surface area (Å²) in [5.41, 5.74) is -1.08. The molecule has 1 heterocycles. The van der Waals surface area contributed by atoms with E-state index in [4.69, 9.17) is 11.6 Å². The molecule has 0 fully saturated rings. The minimum atomic E-state index is -4.90. The molecule has 0 bridgehead atoms. The number of benzene rings is 1. The van der Waals surface area contributed by atoms with Crippen molar-refractivity contribution in [2.75, 3.05) is 7.05 Å². The molecular formula is C10H10ClN2O6PS. The largest absolute Gasteiger partial charge is 0.437 e. The number of nitrogens with zero attached hydrogens (tertiary/aromatic N) is 1. The first kappa shape index (κ1) is 16.2. The Kier molecular flexibility index (Phi) is 4.00. The van der Waals surface area contributed by atoms with E-state index in [-0.39, 0.29) is 25.2 Å². The number of rotatable bonds is 3. The van der Waals surface area contributed by atoms with E-state index < -0.39 is 23.3 Å². The van der Waals surface area contributed by atoms with Gasteiger partial charge in [-0.2, -0.15) is 0 Å². The van der Waals surface area contributed by atoms with Crippen LogP contribution < -0.4 is 10.3 Å². The summed E-state index contributed by atoms with van der Waals surface area (Å²) < 4.78 is 37.3. The SMILES string of the molecule is CNS(=O)(=O)c1cc2ccc(=O)n(P(=O)(O)O)c2cc1Cl. The van der Waals surface area contributed by atoms with Gasteiger partial charge in [-0.3, -0.25) is 4.79 Å². The molecule has 0 radical (unpaired) electrons. The zero-order chi connectivity index (χ0) is 16.0. The van der Waals surface area contributed by atoms with Crippen LogP contribution in [0.4, 0.5) is 0 Å². The van der Waals surface area contributed by atoms with E-state index in [0.29, 0.717) is 0 Å². The lowest BCUT2D eigenvalue weighted by Gasteiger charge is -2.13. The summed E-state index contributed by atoms with van der Waals surface area (Å²) in [6.07, 6.45) is 0. The van der Waals surface area contributed by atoms with Gasteiger partial charge in [0, 0.05) is 11.5 Å². The van der Waals surface area contributed by atoms with Crippen molar-refractivity contribution >= 4 is 40.3 Å². The van der Waals surface area contributed by atoms with Gasteiger partial charge in [-0.15, -0.1) is 0 Å². The van der Waals surface area contributed by atoms with Crippen molar-refractivity contribution < 1.29 is 22.8 Å². The molecule has 21 heavy (non-hydrogen) atoms. The molecule has 0 aliphatic carbocycles. The highest BCUT2D eigenvalue weighted by Crippen LogP contribution is 2.39. The lowest BCUT2D eigenvalue weighted by Crippen LogP contribution is -2.20. The van der Waals surface area contributed by atoms with Crippen LogP contribution in [-0.4, -0.2) is 29.6 Å². The second-order valence-corrected chi connectivity index (χ2v) is 7.73. The minimum Gasteiger partial charge on any atom is -0.308 e. The van der Waals surface area contributed by atoms with Crippen molar-refractivity contribution in [3.05, 3.63) is 39.6 Å². The fourth-order valence-corrected chi connectivity index (χ4v) is 3.87. The van der Waals surface area contributed by atoms with Crippen LogP contribution in [-0.2, 0) is 14.6 Å². The molecule has 0 saturated heterocycles. The zero-order valence-electron chi connectivity index (χ0n) is 10.5. The van der Waals surface area contributed by atoms with E-state index in [0.717, 1.165) is 18.2 Å². The van der Waals surface area contributed by atoms with Crippen molar-refractivity contribution in [3.8, 4) is 0 Å². The van der Waals surface area contributed by atoms with Crippen LogP contribution in [0.1, 0.15) is 0 Å². The summed E-state index contributed by atoms with van der Waals surface area (Å²) in [6.45, 7) is 0. The third-order valence-corrected chi connectivity index (χ3v) is 5.56. The summed E-state index contributed by atoms with van der Waals surface area (Å²) in [5.74, 6) is 0. The van der Waals surface area contributed by atoms with Gasteiger partial charge in [0.05, 0.1) is 10.5 Å². The number of fused-ring (bicyclic) bond motifs is 1. The fraction of sp³-hybridized carbons (Fsp3) is 0.100. The molecule has 0 amide bonds. The van der Waals surface area contributed by atoms with Gasteiger partial charge in [0.25, 0.3) is 5.56 Å². The van der Waals surface area contributed by atoms with Crippen LogP contribution in [0.3, 0.4) is 0 Å². The smallest absolute Gasteiger partial charge is 0.308 e. The summed E-state index contributed by atoms with van der Waals surface area (Å²) in [7, 11) is -7.54. The Hall–Kier alpha value is -1.22. The Morgan fingerprint density at radius 2 is 1.90 bits per heavy atom. The third-order valence-electron chi connectivity index (χ3n) is 2.74. The molecule has 2 rings (SSSR count). The molecule has 3 N–H and O–H groups in total. The number of pyridine rings is 1. The first-order valence-electron chi connectivity index (χ1n) is 5.43. The number of sulfonamides is 1. The lowest BCUT2D eigenvalue weighted by atomic mass is 10.2. The Bertz CT molecular complexity index is 932. The summed E-state index contributed by atoms with van der Waals surface area (Å²) in [5, 5.41) is -0.110. The summed E-state index contributed by atoms with van der Waals surface area (Å²) in [4.78, 5) is 29.8. The van der Waals surface area contributed by atoms with E-state index in [2.05, 4.69) is 4.72 Å². The Balaban J connectivity index is 2.96. The van der Waals surface area contributed by atoms with E-state index in [1.165, 1.54) is 13.1 Å². The van der Waals surface area contributed by atoms with Crippen molar-refractivity contribution in [2.24, 2.45) is 0 Å². The molecule has 114 valence electrons. The molecule has 0 spiro atoms. The highest BCUT2D eigenvalue weighted by Gasteiger charge is 2.23. The van der Waals surface area contributed by atoms with Crippen LogP contribution in [0.15, 0.2) is 34.0 Å². The average Bonchev–Trinajstić information content (AvgIpc) is 2.36. The highest BCUT2D eigenvalue weighted by atomic mass is 35.5. The number of hydrogen-bond acceptors (Lipinski definition) is 4. The molecule has 0 atom stereocenters. The molecule has 0 aliphatic rings. The van der Waals surface area contributed by atoms with Crippen LogP contribution in [0, 0.1) is 0 Å². The quantitative estimate of drug-likeness (QED) is 0.691. The first-order chi connectivity index (χ1) is 9.58. The maximum absolute atomic E-state index is 11.8. The maximum atomic E-state index is 11.8. The van der Waals surface area contributed by atoms with Gasteiger partial charge >= 0.3 is 7.75 Å². The van der Waals surface area contributed by atoms with Crippen molar-refractivity contribution in [3.63, 3.8) is 0 Å². The van der Waals surface area contributed by atoms with Gasteiger partial charge in [-0.1, -0.05) is 11.6 Å². The van der Waals surface area contributed by atoms with Crippen molar-refractivity contribution in [1.82, 2.24) is 9.06 Å². The number of halogens is 1. The van der Waals surface area contributed by atoms with Crippen LogP contribution in [0.25, 0.3) is 10.9 Å². The first-order valence-corrected chi connectivity index (χ1v) is 8.86. The van der Waals surface area contributed by atoms with Gasteiger partial charge in [-0.25, -0.2) is 22.0 Å². The predicted molar refractivity (Wildman–Crippen MR) is 76.9 cm³/mol. The highest BCUT2D eigenvalue weighted by molar-refractivity contribution is 7.89. The summed E-state index contributed by atoms with van der Waals surface area (Å²) >= 11 is 5.85. The van der Waals surface area contributed by atoms with Crippen LogP contribution >= 0.6 is 19.3 Å². The van der Waals surface area contributed by atoms with E-state index in [1.54, 1.807) is 0 Å². The van der Waals surface area contributed by atoms with Crippen LogP contribution in [0.2, 0.25) is 5.02 Å². The Labute approximate surface area is 124 Å². The molecule has 8 nitrogen and oxygen atoms in total. The van der Waals surface area contributed by atoms with E-state index >= 15 is 0 Å². The van der Waals surface area contributed by atoms with Gasteiger partial charge in [0.2, 0.25) is 10.0 Å². The molecule has 0 aliphatic heterocycles. The fourth-order valence-electron chi connectivity index (χ4n) is 1.81. The van der Waals surface area contributed by atoms with Crippen LogP contribution in [0.5, 0.6) is 0 Å². The Morgan fingerprint density at radius 1 is 1.29 bits per heavy atom. The normalized spacial score (nSPS) is 12.8. The number of nitrogens with one attached hydrogen (secondary N) is 1. The van der Waals surface area contributed by atoms with Gasteiger partial charge in [-0.05, 0) is 25.2 Å². The molecule has 1 aromatic heterocycles. The van der Waals surface area contributed by atoms with Gasteiger partial charge in [0.15, 0.2) is 0 Å². The third kappa shape index (κ3) is 2.89. The van der Waals surface area contributed by atoms with Gasteiger partial charge < -0.3 is 9.79 Å². The molecule has 0 saturated carbocycles. The van der Waals surface area contributed by atoms with Gasteiger partial charge in [0.1, 0.15) is 4.90 Å². The maximum Gasteiger partial charge on any atom is 0.437 e. The second-order valence-electron chi connectivity index (χ2n) is 4.05. The lowest BCUT2D eigenvalue weighted by molar-refractivity contribution is 0.361. The molecular weight excluding hydrogens is 343 g/mol. The number of hydrogen-bond donors (Lipinski definition) is 3. The molecule has 0 unspecified atom stereocenters.